The molecule has 0 fully saturated rings. The largest absolute Gasteiger partial charge is 0.507 e. The molecule has 0 heterocycles. The summed E-state index contributed by atoms with van der Waals surface area (Å²) in [5, 5.41) is 20.8. The van der Waals surface area contributed by atoms with E-state index >= 15 is 0 Å². The second-order valence-corrected chi connectivity index (χ2v) is 13.0. The summed E-state index contributed by atoms with van der Waals surface area (Å²) in [6, 6.07) is 6.80. The van der Waals surface area contributed by atoms with Gasteiger partial charge in [0.2, 0.25) is 9.84 Å². The summed E-state index contributed by atoms with van der Waals surface area (Å²) in [7, 11) is -4.51. The first-order valence-electron chi connectivity index (χ1n) is 16.0. The first-order chi connectivity index (χ1) is 20.7. The van der Waals surface area contributed by atoms with Gasteiger partial charge in [0, 0.05) is 0 Å². The van der Waals surface area contributed by atoms with Gasteiger partial charge in [0.15, 0.2) is 0 Å². The van der Waals surface area contributed by atoms with Crippen molar-refractivity contribution in [2.75, 3.05) is 13.2 Å². The van der Waals surface area contributed by atoms with E-state index < -0.39 is 43.1 Å². The Labute approximate surface area is 257 Å². The lowest BCUT2D eigenvalue weighted by molar-refractivity contribution is 0.0488. The van der Waals surface area contributed by atoms with Crippen LogP contribution in [0, 0.1) is 0 Å². The predicted octanol–water partition coefficient (Wildman–Crippen LogP) is 8.53. The van der Waals surface area contributed by atoms with E-state index in [4.69, 9.17) is 9.47 Å². The Morgan fingerprint density at radius 3 is 1.23 bits per heavy atom. The van der Waals surface area contributed by atoms with Gasteiger partial charge in [-0.1, -0.05) is 104 Å². The number of ether oxygens (including phenoxy) is 2. The van der Waals surface area contributed by atoms with Gasteiger partial charge in [0.1, 0.15) is 21.3 Å². The minimum Gasteiger partial charge on any atom is -0.507 e. The highest BCUT2D eigenvalue weighted by molar-refractivity contribution is 7.91. The molecule has 0 spiro atoms. The highest BCUT2D eigenvalue weighted by Gasteiger charge is 2.28. The second kappa shape index (κ2) is 20.0. The first kappa shape index (κ1) is 36.1. The van der Waals surface area contributed by atoms with Gasteiger partial charge in [-0.3, -0.25) is 0 Å². The zero-order valence-corrected chi connectivity index (χ0v) is 26.8. The maximum atomic E-state index is 13.5. The van der Waals surface area contributed by atoms with E-state index in [2.05, 4.69) is 13.8 Å². The summed E-state index contributed by atoms with van der Waals surface area (Å²) in [4.78, 5) is 24.1. The van der Waals surface area contributed by atoms with Crippen LogP contribution in [0.3, 0.4) is 0 Å². The third-order valence-electron chi connectivity index (χ3n) is 7.43. The number of benzene rings is 2. The van der Waals surface area contributed by atoms with Crippen molar-refractivity contribution in [3.05, 3.63) is 47.5 Å². The summed E-state index contributed by atoms with van der Waals surface area (Å²) in [6.07, 6.45) is 17.5. The van der Waals surface area contributed by atoms with E-state index in [0.29, 0.717) is 12.8 Å². The average molecular weight is 619 g/mol. The number of rotatable bonds is 22. The molecular weight excluding hydrogens is 568 g/mol. The smallest absolute Gasteiger partial charge is 0.338 e. The van der Waals surface area contributed by atoms with Crippen LogP contribution >= 0.6 is 0 Å². The Bertz CT molecular complexity index is 1150. The molecule has 9 heteroatoms. The van der Waals surface area contributed by atoms with Gasteiger partial charge < -0.3 is 19.7 Å². The fraction of sp³-hybridized carbons (Fsp3) is 0.588. The Morgan fingerprint density at radius 1 is 0.558 bits per heavy atom. The molecule has 8 nitrogen and oxygen atoms in total. The normalized spacial score (nSPS) is 11.4. The fourth-order valence-electron chi connectivity index (χ4n) is 4.80. The van der Waals surface area contributed by atoms with Crippen LogP contribution < -0.4 is 0 Å². The predicted molar refractivity (Wildman–Crippen MR) is 167 cm³/mol. The number of carbonyl (C=O) groups excluding carboxylic acids is 2. The van der Waals surface area contributed by atoms with Crippen molar-refractivity contribution >= 4 is 21.8 Å². The molecule has 2 aromatic carbocycles. The van der Waals surface area contributed by atoms with Crippen LogP contribution in [0.5, 0.6) is 11.5 Å². The monoisotopic (exact) mass is 618 g/mol. The quantitative estimate of drug-likeness (QED) is 0.0993. The molecular formula is C34H50O8S. The van der Waals surface area contributed by atoms with Crippen LogP contribution in [0.25, 0.3) is 0 Å². The van der Waals surface area contributed by atoms with Crippen LogP contribution in [0.1, 0.15) is 137 Å². The number of phenols is 2. The van der Waals surface area contributed by atoms with Gasteiger partial charge in [-0.05, 0) is 49.2 Å². The van der Waals surface area contributed by atoms with Gasteiger partial charge in [-0.25, -0.2) is 18.0 Å². The summed E-state index contributed by atoms with van der Waals surface area (Å²) < 4.78 is 37.5. The van der Waals surface area contributed by atoms with Gasteiger partial charge >= 0.3 is 11.9 Å². The van der Waals surface area contributed by atoms with Gasteiger partial charge in [0.25, 0.3) is 0 Å². The van der Waals surface area contributed by atoms with Gasteiger partial charge in [-0.15, -0.1) is 0 Å². The SMILES string of the molecule is CCCCCCCCCCOC(=O)c1ccc(O)c(S(=O)(=O)c2cc(C(=O)OCCCCCCCCCC)ccc2O)c1. The minimum atomic E-state index is -4.51. The Morgan fingerprint density at radius 2 is 0.884 bits per heavy atom. The Balaban J connectivity index is 1.96. The summed E-state index contributed by atoms with van der Waals surface area (Å²) in [5.74, 6) is -2.60. The van der Waals surface area contributed by atoms with E-state index in [1.165, 1.54) is 63.5 Å². The molecule has 0 saturated carbocycles. The van der Waals surface area contributed by atoms with E-state index in [1.807, 2.05) is 0 Å². The van der Waals surface area contributed by atoms with Crippen molar-refractivity contribution < 1.29 is 37.7 Å². The summed E-state index contributed by atoms with van der Waals surface area (Å²) in [5.41, 5.74) is -0.0901. The Kier molecular flexibility index (Phi) is 16.8. The number of hydrogen-bond donors (Lipinski definition) is 2. The summed E-state index contributed by atoms with van der Waals surface area (Å²) >= 11 is 0. The number of esters is 2. The molecule has 0 radical (unpaired) electrons. The van der Waals surface area contributed by atoms with Crippen molar-refractivity contribution in [1.82, 2.24) is 0 Å². The number of phenolic OH excluding ortho intramolecular Hbond substituents is 2. The fourth-order valence-corrected chi connectivity index (χ4v) is 6.29. The number of sulfone groups is 1. The molecule has 0 bridgehead atoms. The van der Waals surface area contributed by atoms with Gasteiger partial charge in [0.05, 0.1) is 24.3 Å². The lowest BCUT2D eigenvalue weighted by atomic mass is 10.1. The number of unbranched alkanes of at least 4 members (excludes halogenated alkanes) is 14. The molecule has 0 aromatic heterocycles. The van der Waals surface area contributed by atoms with Gasteiger partial charge in [-0.2, -0.15) is 0 Å². The molecule has 0 unspecified atom stereocenters. The van der Waals surface area contributed by atoms with E-state index in [9.17, 15) is 28.2 Å². The molecule has 0 atom stereocenters. The van der Waals surface area contributed by atoms with E-state index in [1.54, 1.807) is 0 Å². The Hall–Kier alpha value is -3.07. The molecule has 0 saturated heterocycles. The molecule has 0 amide bonds. The van der Waals surface area contributed by atoms with Crippen molar-refractivity contribution in [1.29, 1.82) is 0 Å². The molecule has 2 rings (SSSR count). The molecule has 0 aliphatic rings. The van der Waals surface area contributed by atoms with Crippen molar-refractivity contribution in [3.8, 4) is 11.5 Å². The molecule has 2 N–H and O–H groups in total. The summed E-state index contributed by atoms with van der Waals surface area (Å²) in [6.45, 7) is 4.78. The number of hydrogen-bond acceptors (Lipinski definition) is 8. The van der Waals surface area contributed by atoms with E-state index in [0.717, 1.165) is 62.8 Å². The average Bonchev–Trinajstić information content (AvgIpc) is 2.99. The maximum Gasteiger partial charge on any atom is 0.338 e. The zero-order chi connectivity index (χ0) is 31.5. The van der Waals surface area contributed by atoms with E-state index in [-0.39, 0.29) is 24.3 Å². The van der Waals surface area contributed by atoms with Crippen molar-refractivity contribution in [2.24, 2.45) is 0 Å². The number of aromatic hydroxyl groups is 2. The molecule has 2 aromatic rings. The standard InChI is InChI=1S/C34H50O8S/c1-3-5-7-9-11-13-15-17-23-41-33(37)27-19-21-29(35)31(25-27)43(39,40)32-26-28(20-22-30(32)36)34(38)42-24-18-16-14-12-10-8-6-4-2/h19-22,25-26,35-36H,3-18,23-24H2,1-2H3. The molecule has 0 aliphatic carbocycles. The zero-order valence-electron chi connectivity index (χ0n) is 25.9. The third-order valence-corrected chi connectivity index (χ3v) is 9.24. The highest BCUT2D eigenvalue weighted by Crippen LogP contribution is 2.34. The lowest BCUT2D eigenvalue weighted by Crippen LogP contribution is -2.11. The van der Waals surface area contributed by atoms with Crippen LogP contribution in [0.15, 0.2) is 46.2 Å². The maximum absolute atomic E-state index is 13.5. The van der Waals surface area contributed by atoms with Crippen molar-refractivity contribution in [3.63, 3.8) is 0 Å². The third kappa shape index (κ3) is 12.6. The molecule has 43 heavy (non-hydrogen) atoms. The highest BCUT2D eigenvalue weighted by atomic mass is 32.2. The first-order valence-corrected chi connectivity index (χ1v) is 17.5. The lowest BCUT2D eigenvalue weighted by Gasteiger charge is -2.12. The van der Waals surface area contributed by atoms with Crippen LogP contribution in [0.4, 0.5) is 0 Å². The second-order valence-electron chi connectivity index (χ2n) is 11.1. The minimum absolute atomic E-state index is 0.0450. The van der Waals surface area contributed by atoms with Crippen LogP contribution in [0.2, 0.25) is 0 Å². The van der Waals surface area contributed by atoms with Crippen LogP contribution in [-0.2, 0) is 19.3 Å². The van der Waals surface area contributed by atoms with Crippen LogP contribution in [-0.4, -0.2) is 43.8 Å². The molecule has 240 valence electrons. The molecule has 0 aliphatic heterocycles. The van der Waals surface area contributed by atoms with Crippen molar-refractivity contribution in [2.45, 2.75) is 126 Å². The number of carbonyl (C=O) groups is 2. The topological polar surface area (TPSA) is 127 Å².